The van der Waals surface area contributed by atoms with Crippen molar-refractivity contribution in [3.05, 3.63) is 172 Å². The van der Waals surface area contributed by atoms with E-state index in [1.807, 2.05) is 0 Å². The van der Waals surface area contributed by atoms with Crippen molar-refractivity contribution >= 4 is 78.7 Å². The Hall–Kier alpha value is -6.12. The first-order chi connectivity index (χ1) is 26.6. The Bertz CT molecular complexity index is 3040. The summed E-state index contributed by atoms with van der Waals surface area (Å²) in [7, 11) is 0. The van der Waals surface area contributed by atoms with Gasteiger partial charge in [-0.1, -0.05) is 141 Å². The van der Waals surface area contributed by atoms with Gasteiger partial charge >= 0.3 is 0 Å². The fourth-order valence-electron chi connectivity index (χ4n) is 9.93. The van der Waals surface area contributed by atoms with Gasteiger partial charge in [-0.3, -0.25) is 0 Å². The second-order valence-electron chi connectivity index (χ2n) is 15.8. The van der Waals surface area contributed by atoms with E-state index in [1.165, 1.54) is 99.0 Å². The highest BCUT2D eigenvalue weighted by molar-refractivity contribution is 6.14. The molecule has 4 heterocycles. The molecule has 3 unspecified atom stereocenters. The monoisotopic (exact) mass is 694 g/mol. The Kier molecular flexibility index (Phi) is 6.95. The minimum Gasteiger partial charge on any atom is -0.337 e. The highest BCUT2D eigenvalue weighted by Crippen LogP contribution is 2.48. The van der Waals surface area contributed by atoms with Gasteiger partial charge in [-0.25, -0.2) is 0 Å². The summed E-state index contributed by atoms with van der Waals surface area (Å²) < 4.78 is 5.14. The molecule has 0 saturated carbocycles. The van der Waals surface area contributed by atoms with Crippen LogP contribution in [0.4, 0.5) is 0 Å². The molecule has 0 amide bonds. The van der Waals surface area contributed by atoms with Gasteiger partial charge in [-0.05, 0) is 100 Å². The Labute approximate surface area is 316 Å². The lowest BCUT2D eigenvalue weighted by molar-refractivity contribution is 0.379. The first kappa shape index (κ1) is 31.4. The third kappa shape index (κ3) is 4.59. The highest BCUT2D eigenvalue weighted by Gasteiger charge is 2.30. The lowest BCUT2D eigenvalue weighted by atomic mass is 9.83. The molecule has 9 aromatic rings. The van der Waals surface area contributed by atoms with Gasteiger partial charge in [0.05, 0.1) is 22.2 Å². The van der Waals surface area contributed by atoms with E-state index in [9.17, 15) is 0 Å². The van der Waals surface area contributed by atoms with Gasteiger partial charge in [0.2, 0.25) is 0 Å². The normalized spacial score (nSPS) is 17.9. The van der Waals surface area contributed by atoms with Crippen LogP contribution in [0.15, 0.2) is 133 Å². The quantitative estimate of drug-likeness (QED) is 0.159. The lowest BCUT2D eigenvalue weighted by Crippen LogP contribution is -2.21. The second kappa shape index (κ2) is 11.9. The van der Waals surface area contributed by atoms with E-state index < -0.39 is 0 Å². The number of rotatable bonds is 5. The highest BCUT2D eigenvalue weighted by atomic mass is 15.0. The maximum atomic E-state index is 2.58. The minimum absolute atomic E-state index is 0.388. The number of aromatic nitrogens is 2. The topological polar surface area (TPSA) is 9.86 Å². The van der Waals surface area contributed by atoms with Crippen LogP contribution in [0.3, 0.4) is 0 Å². The molecule has 0 fully saturated rings. The first-order valence-corrected chi connectivity index (χ1v) is 19.7. The SMILES string of the molecule is CCC1c2ccc3ccccc3c2-n2c3ccc(/C=C/c4ccc(/C=C/c5cc6c7c(c5)c5ccccc5n7C(C)C(C)C6)cc4)cc3c3cccc1c32. The molecule has 2 nitrogen and oxygen atoms in total. The fraction of sp³-hybridized carbons (Fsp3) is 0.154. The van der Waals surface area contributed by atoms with Crippen molar-refractivity contribution in [3.63, 3.8) is 0 Å². The summed E-state index contributed by atoms with van der Waals surface area (Å²) in [5.74, 6) is 0.994. The van der Waals surface area contributed by atoms with Crippen LogP contribution in [0.2, 0.25) is 0 Å². The number of para-hydroxylation sites is 2. The van der Waals surface area contributed by atoms with Crippen LogP contribution in [-0.4, -0.2) is 9.13 Å². The summed E-state index contributed by atoms with van der Waals surface area (Å²) in [6.07, 6.45) is 11.2. The van der Waals surface area contributed by atoms with Gasteiger partial charge in [-0.2, -0.15) is 0 Å². The molecule has 0 aliphatic carbocycles. The van der Waals surface area contributed by atoms with Gasteiger partial charge in [0.25, 0.3) is 0 Å². The molecule has 54 heavy (non-hydrogen) atoms. The molecule has 0 N–H and O–H groups in total. The number of hydrogen-bond acceptors (Lipinski definition) is 0. The van der Waals surface area contributed by atoms with Crippen LogP contribution in [0.25, 0.3) is 84.4 Å². The van der Waals surface area contributed by atoms with E-state index in [2.05, 4.69) is 188 Å². The molecule has 11 rings (SSSR count). The van der Waals surface area contributed by atoms with Gasteiger partial charge in [0.15, 0.2) is 0 Å². The van der Waals surface area contributed by atoms with E-state index >= 15 is 0 Å². The van der Waals surface area contributed by atoms with Gasteiger partial charge < -0.3 is 9.13 Å². The van der Waals surface area contributed by atoms with E-state index in [4.69, 9.17) is 0 Å². The molecule has 0 radical (unpaired) electrons. The third-order valence-electron chi connectivity index (χ3n) is 12.7. The second-order valence-corrected chi connectivity index (χ2v) is 15.8. The average molecular weight is 695 g/mol. The number of hydrogen-bond donors (Lipinski definition) is 0. The van der Waals surface area contributed by atoms with Crippen LogP contribution < -0.4 is 0 Å². The molecule has 2 heteroatoms. The van der Waals surface area contributed by atoms with E-state index in [0.29, 0.717) is 17.9 Å². The maximum absolute atomic E-state index is 2.58. The Morgan fingerprint density at radius 3 is 2.04 bits per heavy atom. The van der Waals surface area contributed by atoms with Crippen LogP contribution in [0, 0.1) is 5.92 Å². The summed E-state index contributed by atoms with van der Waals surface area (Å²) >= 11 is 0. The zero-order valence-corrected chi connectivity index (χ0v) is 31.1. The minimum atomic E-state index is 0.388. The Morgan fingerprint density at radius 1 is 0.537 bits per heavy atom. The molecular weight excluding hydrogens is 653 g/mol. The molecule has 2 aliphatic rings. The Balaban J connectivity index is 0.913. The number of benzene rings is 7. The van der Waals surface area contributed by atoms with Gasteiger partial charge in [0, 0.05) is 44.4 Å². The van der Waals surface area contributed by atoms with E-state index in [1.54, 1.807) is 0 Å². The molecule has 2 aromatic heterocycles. The largest absolute Gasteiger partial charge is 0.337 e. The van der Waals surface area contributed by atoms with Gasteiger partial charge in [0.1, 0.15) is 0 Å². The van der Waals surface area contributed by atoms with Crippen LogP contribution in [0.1, 0.15) is 78.1 Å². The van der Waals surface area contributed by atoms with E-state index in [-0.39, 0.29) is 0 Å². The predicted octanol–water partition coefficient (Wildman–Crippen LogP) is 14.0. The lowest BCUT2D eigenvalue weighted by Gasteiger charge is -2.30. The molecule has 3 atom stereocenters. The Morgan fingerprint density at radius 2 is 1.22 bits per heavy atom. The summed E-state index contributed by atoms with van der Waals surface area (Å²) in [4.78, 5) is 0. The number of fused-ring (bicyclic) bond motifs is 10. The van der Waals surface area contributed by atoms with Gasteiger partial charge in [-0.15, -0.1) is 0 Å². The van der Waals surface area contributed by atoms with Crippen LogP contribution in [0.5, 0.6) is 0 Å². The summed E-state index contributed by atoms with van der Waals surface area (Å²) in [6, 6.07) is 50.5. The van der Waals surface area contributed by atoms with Crippen molar-refractivity contribution in [1.29, 1.82) is 0 Å². The number of nitrogens with zero attached hydrogens (tertiary/aromatic N) is 2. The standard InChI is InChI=1S/C52H42N2/c1-4-40-43-13-9-14-44-46-30-36(24-27-49(46)54(52(43)44)51-41-11-6-5-10-38(41)25-26-45(40)51)22-20-34-16-18-35(19-17-34)21-23-37-29-39-28-32(2)33(3)53-48-15-8-7-12-42(48)47(31-37)50(39)53/h5-27,29-33,40H,4,28H2,1-3H3/b22-20+,23-21+. The molecule has 0 bridgehead atoms. The summed E-state index contributed by atoms with van der Waals surface area (Å²) in [5, 5.41) is 8.00. The zero-order valence-electron chi connectivity index (χ0n) is 31.1. The van der Waals surface area contributed by atoms with Crippen molar-refractivity contribution in [2.45, 2.75) is 45.6 Å². The van der Waals surface area contributed by atoms with Crippen molar-refractivity contribution in [2.75, 3.05) is 0 Å². The van der Waals surface area contributed by atoms with Crippen molar-refractivity contribution in [3.8, 4) is 5.69 Å². The van der Waals surface area contributed by atoms with Crippen LogP contribution >= 0.6 is 0 Å². The molecule has 2 aliphatic heterocycles. The first-order valence-electron chi connectivity index (χ1n) is 19.7. The summed E-state index contributed by atoms with van der Waals surface area (Å²) in [5.41, 5.74) is 16.0. The van der Waals surface area contributed by atoms with Crippen molar-refractivity contribution in [1.82, 2.24) is 9.13 Å². The zero-order chi connectivity index (χ0) is 36.1. The molecule has 7 aromatic carbocycles. The molecular formula is C52H42N2. The van der Waals surface area contributed by atoms with Crippen LogP contribution in [-0.2, 0) is 6.42 Å². The third-order valence-corrected chi connectivity index (χ3v) is 12.7. The average Bonchev–Trinajstić information content (AvgIpc) is 3.73. The molecule has 0 spiro atoms. The van der Waals surface area contributed by atoms with E-state index in [0.717, 1.165) is 12.8 Å². The van der Waals surface area contributed by atoms with Crippen molar-refractivity contribution < 1.29 is 0 Å². The summed E-state index contributed by atoms with van der Waals surface area (Å²) in [6.45, 7) is 7.09. The fourth-order valence-corrected chi connectivity index (χ4v) is 9.93. The van der Waals surface area contributed by atoms with Crippen molar-refractivity contribution in [2.24, 2.45) is 5.92 Å². The maximum Gasteiger partial charge on any atom is 0.0579 e. The predicted molar refractivity (Wildman–Crippen MR) is 232 cm³/mol. The molecule has 260 valence electrons. The smallest absolute Gasteiger partial charge is 0.0579 e. The molecule has 0 saturated heterocycles.